The van der Waals surface area contributed by atoms with Gasteiger partial charge in [-0.05, 0) is 26.0 Å². The molecule has 0 amide bonds. The van der Waals surface area contributed by atoms with E-state index < -0.39 is 5.60 Å². The molecule has 3 heteroatoms. The van der Waals surface area contributed by atoms with E-state index in [1.54, 1.807) is 18.2 Å². The van der Waals surface area contributed by atoms with Crippen LogP contribution in [0.2, 0.25) is 0 Å². The fourth-order valence-electron chi connectivity index (χ4n) is 1.15. The third kappa shape index (κ3) is 3.60. The van der Waals surface area contributed by atoms with Gasteiger partial charge in [-0.1, -0.05) is 28.1 Å². The van der Waals surface area contributed by atoms with E-state index in [0.717, 1.165) is 4.47 Å². The summed E-state index contributed by atoms with van der Waals surface area (Å²) in [7, 11) is 0. The molecule has 0 N–H and O–H groups in total. The van der Waals surface area contributed by atoms with Crippen LogP contribution in [0, 0.1) is 0 Å². The van der Waals surface area contributed by atoms with Crippen molar-refractivity contribution in [2.45, 2.75) is 25.9 Å². The van der Waals surface area contributed by atoms with Gasteiger partial charge in [0.05, 0.1) is 0 Å². The molecule has 75 valence electrons. The number of benzene rings is 1. The van der Waals surface area contributed by atoms with E-state index in [0.29, 0.717) is 5.56 Å². The molecule has 0 aliphatic carbocycles. The lowest BCUT2D eigenvalue weighted by atomic mass is 9.98. The molecule has 0 bridgehead atoms. The summed E-state index contributed by atoms with van der Waals surface area (Å²) in [6.07, 6.45) is 0.0312. The second-order valence-corrected chi connectivity index (χ2v) is 4.79. The highest BCUT2D eigenvalue weighted by molar-refractivity contribution is 9.10. The first-order valence-corrected chi connectivity index (χ1v) is 5.17. The van der Waals surface area contributed by atoms with Crippen molar-refractivity contribution in [3.8, 4) is 0 Å². The molecule has 0 spiro atoms. The highest BCUT2D eigenvalue weighted by Crippen LogP contribution is 2.17. The standard InChI is InChI=1S/C11H12BrO2/c1-11(2,14)7-10(13)8-4-3-5-9(12)6-8/h3-6H,7H2,1-2H3. The van der Waals surface area contributed by atoms with Crippen LogP contribution < -0.4 is 0 Å². The molecular formula is C11H12BrO2. The Balaban J connectivity index is 2.80. The molecule has 0 atom stereocenters. The van der Waals surface area contributed by atoms with Crippen molar-refractivity contribution in [2.24, 2.45) is 0 Å². The van der Waals surface area contributed by atoms with Crippen molar-refractivity contribution in [2.75, 3.05) is 0 Å². The first kappa shape index (κ1) is 11.4. The summed E-state index contributed by atoms with van der Waals surface area (Å²) in [5.41, 5.74) is -0.609. The van der Waals surface area contributed by atoms with E-state index in [1.807, 2.05) is 6.07 Å². The SMILES string of the molecule is CC(C)([O])CC(=O)c1cccc(Br)c1. The Labute approximate surface area is 92.1 Å². The molecule has 0 saturated carbocycles. The topological polar surface area (TPSA) is 37.0 Å². The number of hydrogen-bond donors (Lipinski definition) is 0. The van der Waals surface area contributed by atoms with E-state index in [2.05, 4.69) is 15.9 Å². The average molecular weight is 256 g/mol. The number of hydrogen-bond acceptors (Lipinski definition) is 1. The van der Waals surface area contributed by atoms with Crippen LogP contribution in [0.5, 0.6) is 0 Å². The second-order valence-electron chi connectivity index (χ2n) is 3.87. The minimum atomic E-state index is -1.20. The van der Waals surface area contributed by atoms with Crippen molar-refractivity contribution in [1.82, 2.24) is 0 Å². The molecule has 1 radical (unpaired) electrons. The largest absolute Gasteiger partial charge is 0.294 e. The molecule has 2 nitrogen and oxygen atoms in total. The number of rotatable bonds is 3. The molecule has 14 heavy (non-hydrogen) atoms. The molecule has 1 aromatic rings. The number of halogens is 1. The van der Waals surface area contributed by atoms with Crippen LogP contribution in [0.4, 0.5) is 0 Å². The Kier molecular flexibility index (Phi) is 3.45. The highest BCUT2D eigenvalue weighted by atomic mass is 79.9. The van der Waals surface area contributed by atoms with E-state index in [9.17, 15) is 9.90 Å². The predicted molar refractivity (Wildman–Crippen MR) is 57.9 cm³/mol. The number of carbonyl (C=O) groups is 1. The molecule has 0 heterocycles. The maximum atomic E-state index is 11.6. The Bertz CT molecular complexity index is 339. The van der Waals surface area contributed by atoms with Gasteiger partial charge in [-0.3, -0.25) is 4.79 Å². The minimum Gasteiger partial charge on any atom is -0.294 e. The third-order valence-electron chi connectivity index (χ3n) is 1.73. The Hall–Kier alpha value is -0.670. The zero-order valence-corrected chi connectivity index (χ0v) is 9.80. The maximum absolute atomic E-state index is 11.6. The lowest BCUT2D eigenvalue weighted by Gasteiger charge is -2.12. The monoisotopic (exact) mass is 255 g/mol. The Morgan fingerprint density at radius 3 is 2.57 bits per heavy atom. The van der Waals surface area contributed by atoms with Crippen molar-refractivity contribution in [1.29, 1.82) is 0 Å². The zero-order valence-electron chi connectivity index (χ0n) is 8.21. The van der Waals surface area contributed by atoms with Crippen molar-refractivity contribution in [3.05, 3.63) is 34.3 Å². The molecule has 0 fully saturated rings. The van der Waals surface area contributed by atoms with Crippen LogP contribution in [0.25, 0.3) is 0 Å². The van der Waals surface area contributed by atoms with Crippen LogP contribution in [-0.4, -0.2) is 11.4 Å². The van der Waals surface area contributed by atoms with E-state index in [1.165, 1.54) is 13.8 Å². The minimum absolute atomic E-state index is 0.0312. The number of ketones is 1. The number of carbonyl (C=O) groups excluding carboxylic acids is 1. The lowest BCUT2D eigenvalue weighted by molar-refractivity contribution is 0.000882. The van der Waals surface area contributed by atoms with Crippen LogP contribution in [-0.2, 0) is 5.11 Å². The summed E-state index contributed by atoms with van der Waals surface area (Å²) < 4.78 is 0.854. The van der Waals surface area contributed by atoms with Crippen molar-refractivity contribution in [3.63, 3.8) is 0 Å². The molecule has 0 aromatic heterocycles. The maximum Gasteiger partial charge on any atom is 0.165 e. The molecule has 0 saturated heterocycles. The Morgan fingerprint density at radius 2 is 2.07 bits per heavy atom. The van der Waals surface area contributed by atoms with Gasteiger partial charge in [0.2, 0.25) is 0 Å². The summed E-state index contributed by atoms with van der Waals surface area (Å²) in [5, 5.41) is 11.3. The lowest BCUT2D eigenvalue weighted by Crippen LogP contribution is -2.21. The highest BCUT2D eigenvalue weighted by Gasteiger charge is 2.21. The summed E-state index contributed by atoms with van der Waals surface area (Å²) >= 11 is 3.28. The van der Waals surface area contributed by atoms with Crippen LogP contribution in [0.3, 0.4) is 0 Å². The smallest absolute Gasteiger partial charge is 0.165 e. The molecule has 0 unspecified atom stereocenters. The number of Topliss-reactive ketones (excluding diaryl/α,β-unsaturated/α-hetero) is 1. The van der Waals surface area contributed by atoms with Gasteiger partial charge in [-0.2, -0.15) is 0 Å². The summed E-state index contributed by atoms with van der Waals surface area (Å²) in [4.78, 5) is 11.6. The van der Waals surface area contributed by atoms with Gasteiger partial charge >= 0.3 is 0 Å². The van der Waals surface area contributed by atoms with Gasteiger partial charge in [-0.15, -0.1) is 0 Å². The first-order chi connectivity index (χ1) is 6.38. The fourth-order valence-corrected chi connectivity index (χ4v) is 1.55. The molecular weight excluding hydrogens is 244 g/mol. The normalized spacial score (nSPS) is 11.4. The van der Waals surface area contributed by atoms with E-state index in [-0.39, 0.29) is 12.2 Å². The van der Waals surface area contributed by atoms with Crippen LogP contribution in [0.1, 0.15) is 30.6 Å². The Morgan fingerprint density at radius 1 is 1.43 bits per heavy atom. The zero-order chi connectivity index (χ0) is 10.8. The summed E-state index contributed by atoms with van der Waals surface area (Å²) in [5.74, 6) is -0.105. The third-order valence-corrected chi connectivity index (χ3v) is 2.23. The van der Waals surface area contributed by atoms with Gasteiger partial charge < -0.3 is 0 Å². The first-order valence-electron chi connectivity index (χ1n) is 4.38. The molecule has 0 aliphatic heterocycles. The predicted octanol–water partition coefficient (Wildman–Crippen LogP) is 3.23. The van der Waals surface area contributed by atoms with Gasteiger partial charge in [0.1, 0.15) is 5.60 Å². The molecule has 1 rings (SSSR count). The van der Waals surface area contributed by atoms with Crippen molar-refractivity contribution < 1.29 is 9.90 Å². The quantitative estimate of drug-likeness (QED) is 0.765. The van der Waals surface area contributed by atoms with E-state index in [4.69, 9.17) is 0 Å². The second kappa shape index (κ2) is 4.24. The molecule has 0 aliphatic rings. The van der Waals surface area contributed by atoms with Gasteiger partial charge in [0, 0.05) is 16.5 Å². The van der Waals surface area contributed by atoms with Crippen molar-refractivity contribution >= 4 is 21.7 Å². The summed E-state index contributed by atoms with van der Waals surface area (Å²) in [6.45, 7) is 3.03. The van der Waals surface area contributed by atoms with E-state index >= 15 is 0 Å². The van der Waals surface area contributed by atoms with Crippen LogP contribution in [0.15, 0.2) is 28.7 Å². The summed E-state index contributed by atoms with van der Waals surface area (Å²) in [6, 6.07) is 7.08. The van der Waals surface area contributed by atoms with Gasteiger partial charge in [0.15, 0.2) is 5.78 Å². The van der Waals surface area contributed by atoms with Crippen LogP contribution >= 0.6 is 15.9 Å². The average Bonchev–Trinajstić information content (AvgIpc) is 2.01. The van der Waals surface area contributed by atoms with Gasteiger partial charge in [-0.25, -0.2) is 5.11 Å². The fraction of sp³-hybridized carbons (Fsp3) is 0.364. The van der Waals surface area contributed by atoms with Gasteiger partial charge in [0.25, 0.3) is 0 Å². The molecule has 1 aromatic carbocycles.